The second kappa shape index (κ2) is 7.02. The van der Waals surface area contributed by atoms with Crippen molar-refractivity contribution >= 4 is 0 Å². The minimum Gasteiger partial charge on any atom is -0.391 e. The maximum Gasteiger partial charge on any atom is 0.0721 e. The number of rotatable bonds is 6. The summed E-state index contributed by atoms with van der Waals surface area (Å²) in [4.78, 5) is 0. The van der Waals surface area contributed by atoms with Gasteiger partial charge >= 0.3 is 0 Å². The number of aliphatic hydroxyl groups excluding tert-OH is 1. The Hall–Kier alpha value is -0.160. The maximum absolute atomic E-state index is 10.5. The van der Waals surface area contributed by atoms with Gasteiger partial charge in [0, 0.05) is 18.1 Å². The fraction of sp³-hybridized carbons (Fsp3) is 1.00. The van der Waals surface area contributed by atoms with Crippen LogP contribution in [0, 0.1) is 5.92 Å². The first-order valence-electron chi connectivity index (χ1n) is 7.84. The third-order valence-corrected chi connectivity index (χ3v) is 4.35. The smallest absolute Gasteiger partial charge is 0.0721 e. The van der Waals surface area contributed by atoms with E-state index in [-0.39, 0.29) is 12.1 Å². The van der Waals surface area contributed by atoms with Crippen molar-refractivity contribution in [3.8, 4) is 0 Å². The number of aliphatic hydroxyl groups is 1. The Balaban J connectivity index is 1.77. The van der Waals surface area contributed by atoms with E-state index in [1.54, 1.807) is 0 Å². The molecule has 112 valence electrons. The normalized spacial score (nSPS) is 34.3. The van der Waals surface area contributed by atoms with Gasteiger partial charge in [-0.25, -0.2) is 0 Å². The lowest BCUT2D eigenvalue weighted by Crippen LogP contribution is -2.52. The molecule has 0 radical (unpaired) electrons. The zero-order valence-electron chi connectivity index (χ0n) is 12.6. The quantitative estimate of drug-likeness (QED) is 0.680. The van der Waals surface area contributed by atoms with Gasteiger partial charge in [-0.15, -0.1) is 0 Å². The van der Waals surface area contributed by atoms with E-state index in [0.717, 1.165) is 32.5 Å². The first kappa shape index (κ1) is 15.2. The Morgan fingerprint density at radius 3 is 2.47 bits per heavy atom. The number of ether oxygens (including phenoxy) is 1. The summed E-state index contributed by atoms with van der Waals surface area (Å²) in [5.74, 6) is 0.425. The molecular weight excluding hydrogens is 240 g/mol. The van der Waals surface area contributed by atoms with Crippen LogP contribution < -0.4 is 10.6 Å². The molecule has 4 nitrogen and oxygen atoms in total. The molecule has 0 amide bonds. The van der Waals surface area contributed by atoms with E-state index >= 15 is 0 Å². The van der Waals surface area contributed by atoms with Gasteiger partial charge in [-0.1, -0.05) is 20.3 Å². The summed E-state index contributed by atoms with van der Waals surface area (Å²) in [6, 6.07) is 1.71. The average molecular weight is 270 g/mol. The molecule has 0 aromatic carbocycles. The van der Waals surface area contributed by atoms with Gasteiger partial charge < -0.3 is 20.5 Å². The Kier molecular flexibility index (Phi) is 5.63. The van der Waals surface area contributed by atoms with E-state index in [1.165, 1.54) is 6.42 Å². The third kappa shape index (κ3) is 4.42. The van der Waals surface area contributed by atoms with Crippen LogP contribution in [0.4, 0.5) is 0 Å². The lowest BCUT2D eigenvalue weighted by Gasteiger charge is -2.38. The predicted molar refractivity (Wildman–Crippen MR) is 77.2 cm³/mol. The van der Waals surface area contributed by atoms with Crippen LogP contribution in [0.1, 0.15) is 46.5 Å². The molecule has 2 rings (SSSR count). The van der Waals surface area contributed by atoms with Gasteiger partial charge in [0.15, 0.2) is 0 Å². The van der Waals surface area contributed by atoms with Crippen LogP contribution >= 0.6 is 0 Å². The summed E-state index contributed by atoms with van der Waals surface area (Å²) < 4.78 is 5.19. The summed E-state index contributed by atoms with van der Waals surface area (Å²) in [6.07, 6.45) is 4.36. The van der Waals surface area contributed by atoms with Crippen LogP contribution in [0.3, 0.4) is 0 Å². The van der Waals surface area contributed by atoms with Gasteiger partial charge in [0.05, 0.1) is 25.4 Å². The standard InChI is InChI=1S/C15H30N2O2/c1-10(2)16-14-6-4-5-12(15(14)18)7-11(3)17-13-8-19-9-13/h10-18H,4-9H2,1-3H3. The average Bonchev–Trinajstić information content (AvgIpc) is 2.28. The summed E-state index contributed by atoms with van der Waals surface area (Å²) in [5.41, 5.74) is 0. The second-order valence-corrected chi connectivity index (χ2v) is 6.65. The minimum absolute atomic E-state index is 0.196. The molecule has 4 heteroatoms. The zero-order valence-corrected chi connectivity index (χ0v) is 12.6. The molecule has 4 unspecified atom stereocenters. The fourth-order valence-electron chi connectivity index (χ4n) is 3.39. The predicted octanol–water partition coefficient (Wildman–Crippen LogP) is 1.28. The van der Waals surface area contributed by atoms with Gasteiger partial charge in [-0.2, -0.15) is 0 Å². The molecule has 2 fully saturated rings. The van der Waals surface area contributed by atoms with Crippen LogP contribution in [0.5, 0.6) is 0 Å². The van der Waals surface area contributed by atoms with E-state index in [1.807, 2.05) is 0 Å². The van der Waals surface area contributed by atoms with Crippen molar-refractivity contribution < 1.29 is 9.84 Å². The molecule has 1 heterocycles. The van der Waals surface area contributed by atoms with Gasteiger partial charge in [-0.3, -0.25) is 0 Å². The van der Waals surface area contributed by atoms with Crippen molar-refractivity contribution in [2.75, 3.05) is 13.2 Å². The molecule has 3 N–H and O–H groups in total. The number of hydrogen-bond donors (Lipinski definition) is 3. The van der Waals surface area contributed by atoms with Gasteiger partial charge in [0.1, 0.15) is 0 Å². The van der Waals surface area contributed by atoms with E-state index in [0.29, 0.717) is 24.0 Å². The second-order valence-electron chi connectivity index (χ2n) is 6.65. The van der Waals surface area contributed by atoms with Crippen LogP contribution in [-0.2, 0) is 4.74 Å². The molecule has 2 aliphatic rings. The van der Waals surface area contributed by atoms with Crippen molar-refractivity contribution in [2.45, 2.75) is 76.7 Å². The summed E-state index contributed by atoms with van der Waals surface area (Å²) in [5, 5.41) is 17.6. The minimum atomic E-state index is -0.196. The molecule has 0 aromatic heterocycles. The molecule has 0 aromatic rings. The number of hydrogen-bond acceptors (Lipinski definition) is 4. The maximum atomic E-state index is 10.5. The summed E-state index contributed by atoms with van der Waals surface area (Å²) in [6.45, 7) is 8.21. The zero-order chi connectivity index (χ0) is 13.8. The monoisotopic (exact) mass is 270 g/mol. The first-order valence-corrected chi connectivity index (χ1v) is 7.84. The molecular formula is C15H30N2O2. The molecule has 4 atom stereocenters. The fourth-order valence-corrected chi connectivity index (χ4v) is 3.39. The van der Waals surface area contributed by atoms with E-state index in [4.69, 9.17) is 4.74 Å². The highest BCUT2D eigenvalue weighted by Gasteiger charge is 2.33. The third-order valence-electron chi connectivity index (χ3n) is 4.35. The molecule has 0 spiro atoms. The van der Waals surface area contributed by atoms with Crippen molar-refractivity contribution in [3.05, 3.63) is 0 Å². The molecule has 0 bridgehead atoms. The Morgan fingerprint density at radius 2 is 1.89 bits per heavy atom. The Bertz CT molecular complexity index is 269. The molecule has 19 heavy (non-hydrogen) atoms. The highest BCUT2D eigenvalue weighted by molar-refractivity contribution is 4.89. The molecule has 1 saturated carbocycles. The van der Waals surface area contributed by atoms with E-state index in [9.17, 15) is 5.11 Å². The van der Waals surface area contributed by atoms with Gasteiger partial charge in [0.2, 0.25) is 0 Å². The number of nitrogens with one attached hydrogen (secondary N) is 2. The summed E-state index contributed by atoms with van der Waals surface area (Å²) >= 11 is 0. The lowest BCUT2D eigenvalue weighted by molar-refractivity contribution is -0.0151. The highest BCUT2D eigenvalue weighted by Crippen LogP contribution is 2.29. The first-order chi connectivity index (χ1) is 9.06. The van der Waals surface area contributed by atoms with Gasteiger partial charge in [-0.05, 0) is 32.1 Å². The Labute approximate surface area is 117 Å². The van der Waals surface area contributed by atoms with Crippen LogP contribution in [-0.4, -0.2) is 48.6 Å². The SMILES string of the molecule is CC(C)NC1CCCC(CC(C)NC2COC2)C1O. The van der Waals surface area contributed by atoms with Crippen LogP contribution in [0.25, 0.3) is 0 Å². The van der Waals surface area contributed by atoms with Crippen LogP contribution in [0.2, 0.25) is 0 Å². The highest BCUT2D eigenvalue weighted by atomic mass is 16.5. The molecule has 1 saturated heterocycles. The topological polar surface area (TPSA) is 53.5 Å². The largest absolute Gasteiger partial charge is 0.391 e. The molecule has 1 aliphatic carbocycles. The van der Waals surface area contributed by atoms with Crippen LogP contribution in [0.15, 0.2) is 0 Å². The molecule has 1 aliphatic heterocycles. The van der Waals surface area contributed by atoms with E-state index < -0.39 is 0 Å². The lowest BCUT2D eigenvalue weighted by atomic mass is 9.79. The van der Waals surface area contributed by atoms with Crippen molar-refractivity contribution in [2.24, 2.45) is 5.92 Å². The summed E-state index contributed by atoms with van der Waals surface area (Å²) in [7, 11) is 0. The van der Waals surface area contributed by atoms with Crippen molar-refractivity contribution in [3.63, 3.8) is 0 Å². The van der Waals surface area contributed by atoms with E-state index in [2.05, 4.69) is 31.4 Å². The van der Waals surface area contributed by atoms with Gasteiger partial charge in [0.25, 0.3) is 0 Å². The van der Waals surface area contributed by atoms with Crippen molar-refractivity contribution in [1.82, 2.24) is 10.6 Å². The van der Waals surface area contributed by atoms with Crippen molar-refractivity contribution in [1.29, 1.82) is 0 Å². The Morgan fingerprint density at radius 1 is 1.16 bits per heavy atom.